The van der Waals surface area contributed by atoms with Gasteiger partial charge in [-0.1, -0.05) is 54.0 Å². The highest BCUT2D eigenvalue weighted by Gasteiger charge is 2.26. The smallest absolute Gasteiger partial charge is 0.307 e. The van der Waals surface area contributed by atoms with E-state index < -0.39 is 5.97 Å². The Morgan fingerprint density at radius 3 is 2.11 bits per heavy atom. The van der Waals surface area contributed by atoms with E-state index in [1.165, 1.54) is 0 Å². The third-order valence-corrected chi connectivity index (χ3v) is 5.45. The number of rotatable bonds is 5. The first-order valence-electron chi connectivity index (χ1n) is 8.86. The van der Waals surface area contributed by atoms with Crippen LogP contribution in [0.15, 0.2) is 53.0 Å². The molecule has 0 aromatic heterocycles. The fourth-order valence-corrected chi connectivity index (χ4v) is 3.70. The first kappa shape index (κ1) is 19.3. The molecule has 0 spiro atoms. The summed E-state index contributed by atoms with van der Waals surface area (Å²) < 4.78 is 0.905. The first-order valence-corrected chi connectivity index (χ1v) is 9.66. The summed E-state index contributed by atoms with van der Waals surface area (Å²) in [6.07, 6.45) is -0.100. The summed E-state index contributed by atoms with van der Waals surface area (Å²) in [6, 6.07) is 15.2. The third-order valence-electron chi connectivity index (χ3n) is 4.93. The zero-order valence-electron chi connectivity index (χ0n) is 15.5. The average Bonchev–Trinajstić information content (AvgIpc) is 2.76. The van der Waals surface area contributed by atoms with Crippen molar-refractivity contribution in [1.82, 2.24) is 0 Å². The van der Waals surface area contributed by atoms with E-state index in [0.717, 1.165) is 26.7 Å². The molecule has 2 aliphatic carbocycles. The largest absolute Gasteiger partial charge is 0.481 e. The highest BCUT2D eigenvalue weighted by Crippen LogP contribution is 2.38. The van der Waals surface area contributed by atoms with Gasteiger partial charge in [-0.3, -0.25) is 9.59 Å². The molecule has 0 fully saturated rings. The summed E-state index contributed by atoms with van der Waals surface area (Å²) in [5.74, 6) is -0.640. The third kappa shape index (κ3) is 3.81. The van der Waals surface area contributed by atoms with E-state index in [0.29, 0.717) is 22.6 Å². The molecular weight excluding hydrogens is 404 g/mol. The molecule has 3 nitrogen and oxygen atoms in total. The summed E-state index contributed by atoms with van der Waals surface area (Å²) in [6.45, 7) is 6.06. The molecule has 0 saturated heterocycles. The molecule has 1 N–H and O–H groups in total. The van der Waals surface area contributed by atoms with Crippen molar-refractivity contribution < 1.29 is 14.7 Å². The van der Waals surface area contributed by atoms with Crippen LogP contribution in [-0.2, 0) is 11.2 Å². The highest BCUT2D eigenvalue weighted by molar-refractivity contribution is 9.10. The molecular formula is C23H21BrO3. The van der Waals surface area contributed by atoms with Gasteiger partial charge in [0, 0.05) is 15.6 Å². The molecule has 0 aliphatic heterocycles. The van der Waals surface area contributed by atoms with E-state index in [4.69, 9.17) is 0 Å². The Morgan fingerprint density at radius 1 is 0.963 bits per heavy atom. The Balaban J connectivity index is 2.24. The van der Waals surface area contributed by atoms with Gasteiger partial charge in [-0.05, 0) is 64.9 Å². The van der Waals surface area contributed by atoms with Crippen molar-refractivity contribution in [3.05, 3.63) is 80.8 Å². The zero-order valence-corrected chi connectivity index (χ0v) is 17.1. The molecule has 0 heterocycles. The lowest BCUT2D eigenvalue weighted by molar-refractivity contribution is -0.136. The fraction of sp³-hybridized carbons (Fsp3) is 0.217. The van der Waals surface area contributed by atoms with Crippen LogP contribution in [0.3, 0.4) is 0 Å². The maximum atomic E-state index is 13.2. The second kappa shape index (κ2) is 7.65. The van der Waals surface area contributed by atoms with Crippen LogP contribution in [0.1, 0.15) is 52.4 Å². The van der Waals surface area contributed by atoms with Gasteiger partial charge in [0.25, 0.3) is 0 Å². The number of fused-ring (bicyclic) bond motifs is 1. The Labute approximate surface area is 167 Å². The van der Waals surface area contributed by atoms with E-state index in [9.17, 15) is 14.7 Å². The summed E-state index contributed by atoms with van der Waals surface area (Å²) >= 11 is 3.39. The van der Waals surface area contributed by atoms with Crippen LogP contribution in [-0.4, -0.2) is 16.9 Å². The maximum Gasteiger partial charge on any atom is 0.307 e. The van der Waals surface area contributed by atoms with Crippen molar-refractivity contribution >= 4 is 27.7 Å². The molecule has 2 aliphatic rings. The molecule has 1 aromatic carbocycles. The second-order valence-electron chi connectivity index (χ2n) is 7.03. The Kier molecular flexibility index (Phi) is 5.47. The molecule has 0 amide bonds. The minimum atomic E-state index is -0.900. The molecule has 138 valence electrons. The summed E-state index contributed by atoms with van der Waals surface area (Å²) in [4.78, 5) is 24.7. The molecule has 0 saturated carbocycles. The standard InChI is InChI=1S/C23H21BrO3/c1-13(2)15-6-10-18-19(11-7-15)22(14(3)20(18)12-21(25)26)23(27)16-4-8-17(24)9-5-16/h4-11,13H,12H2,1-3H3,(H,25,26). The molecule has 27 heavy (non-hydrogen) atoms. The van der Waals surface area contributed by atoms with E-state index in [2.05, 4.69) is 29.8 Å². The minimum absolute atomic E-state index is 0.0843. The Hall–Kier alpha value is -2.46. The molecule has 3 rings (SSSR count). The number of benzene rings is 1. The van der Waals surface area contributed by atoms with Crippen LogP contribution >= 0.6 is 15.9 Å². The van der Waals surface area contributed by atoms with Gasteiger partial charge in [0.05, 0.1) is 6.42 Å². The van der Waals surface area contributed by atoms with E-state index in [1.807, 2.05) is 43.3 Å². The normalized spacial score (nSPS) is 11.1. The molecule has 0 unspecified atom stereocenters. The van der Waals surface area contributed by atoms with E-state index in [-0.39, 0.29) is 12.2 Å². The van der Waals surface area contributed by atoms with Gasteiger partial charge in [0.15, 0.2) is 5.78 Å². The monoisotopic (exact) mass is 424 g/mol. The quantitative estimate of drug-likeness (QED) is 0.523. The average molecular weight is 425 g/mol. The summed E-state index contributed by atoms with van der Waals surface area (Å²) in [5, 5.41) is 9.36. The minimum Gasteiger partial charge on any atom is -0.481 e. The van der Waals surface area contributed by atoms with Crippen molar-refractivity contribution in [3.8, 4) is 11.1 Å². The van der Waals surface area contributed by atoms with Gasteiger partial charge in [-0.15, -0.1) is 0 Å². The topological polar surface area (TPSA) is 54.4 Å². The molecule has 1 aromatic rings. The molecule has 0 bridgehead atoms. The number of carboxylic acids is 1. The summed E-state index contributed by atoms with van der Waals surface area (Å²) in [5.41, 5.74) is 5.43. The summed E-state index contributed by atoms with van der Waals surface area (Å²) in [7, 11) is 0. The number of aliphatic carboxylic acids is 1. The van der Waals surface area contributed by atoms with Crippen LogP contribution in [0.2, 0.25) is 0 Å². The number of hydrogen-bond acceptors (Lipinski definition) is 2. The predicted molar refractivity (Wildman–Crippen MR) is 111 cm³/mol. The number of carbonyl (C=O) groups is 2. The molecule has 0 radical (unpaired) electrons. The number of ketones is 1. The number of hydrogen-bond donors (Lipinski definition) is 1. The lowest BCUT2D eigenvalue weighted by Crippen LogP contribution is -2.04. The zero-order chi connectivity index (χ0) is 19.7. The maximum absolute atomic E-state index is 13.2. The van der Waals surface area contributed by atoms with Crippen molar-refractivity contribution in [2.45, 2.75) is 33.1 Å². The molecule has 0 atom stereocenters. The highest BCUT2D eigenvalue weighted by atomic mass is 79.9. The fourth-order valence-electron chi connectivity index (χ4n) is 3.43. The predicted octanol–water partition coefficient (Wildman–Crippen LogP) is 5.84. The Morgan fingerprint density at radius 2 is 1.56 bits per heavy atom. The van der Waals surface area contributed by atoms with Gasteiger partial charge in [0.1, 0.15) is 0 Å². The lowest BCUT2D eigenvalue weighted by Gasteiger charge is -2.04. The van der Waals surface area contributed by atoms with Crippen molar-refractivity contribution in [3.63, 3.8) is 0 Å². The SMILES string of the molecule is Cc1c(CC(=O)O)c2ccc(C(C)C)ccc-2c1C(=O)c1ccc(Br)cc1. The van der Waals surface area contributed by atoms with Crippen molar-refractivity contribution in [2.24, 2.45) is 0 Å². The molecule has 4 heteroatoms. The lowest BCUT2D eigenvalue weighted by atomic mass is 9.99. The Bertz CT molecular complexity index is 987. The van der Waals surface area contributed by atoms with Gasteiger partial charge in [0.2, 0.25) is 0 Å². The van der Waals surface area contributed by atoms with Crippen LogP contribution in [0.4, 0.5) is 0 Å². The van der Waals surface area contributed by atoms with E-state index in [1.54, 1.807) is 12.1 Å². The van der Waals surface area contributed by atoms with Crippen molar-refractivity contribution in [1.29, 1.82) is 0 Å². The van der Waals surface area contributed by atoms with Gasteiger partial charge in [-0.25, -0.2) is 0 Å². The van der Waals surface area contributed by atoms with Crippen LogP contribution in [0, 0.1) is 6.92 Å². The number of halogens is 1. The van der Waals surface area contributed by atoms with Gasteiger partial charge >= 0.3 is 5.97 Å². The second-order valence-corrected chi connectivity index (χ2v) is 7.95. The van der Waals surface area contributed by atoms with Crippen LogP contribution in [0.25, 0.3) is 11.1 Å². The number of carbonyl (C=O) groups excluding carboxylic acids is 1. The van der Waals surface area contributed by atoms with E-state index >= 15 is 0 Å². The van der Waals surface area contributed by atoms with Crippen LogP contribution in [0.5, 0.6) is 0 Å². The number of carboxylic acid groups (broad SMARTS) is 1. The van der Waals surface area contributed by atoms with Gasteiger partial charge in [-0.2, -0.15) is 0 Å². The first-order chi connectivity index (χ1) is 12.8. The van der Waals surface area contributed by atoms with Gasteiger partial charge < -0.3 is 5.11 Å². The van der Waals surface area contributed by atoms with Crippen LogP contribution < -0.4 is 0 Å². The van der Waals surface area contributed by atoms with Crippen molar-refractivity contribution in [2.75, 3.05) is 0 Å².